The van der Waals surface area contributed by atoms with Crippen LogP contribution >= 0.6 is 68.0 Å². The lowest BCUT2D eigenvalue weighted by Gasteiger charge is -2.21. The molecule has 1 aromatic rings. The summed E-state index contributed by atoms with van der Waals surface area (Å²) in [7, 11) is 7.75. The molecule has 0 radical (unpaired) electrons. The third kappa shape index (κ3) is 14.5. The average Bonchev–Trinajstić information content (AvgIpc) is 2.99. The maximum Gasteiger partial charge on any atom is 0.329 e. The summed E-state index contributed by atoms with van der Waals surface area (Å²) in [5, 5.41) is 26.8. The molecule has 0 aliphatic heterocycles. The monoisotopic (exact) mass is 682 g/mol. The van der Waals surface area contributed by atoms with E-state index in [9.17, 15) is 24.6 Å². The molecule has 0 fully saturated rings. The minimum Gasteiger partial charge on any atom is -0.500 e. The highest BCUT2D eigenvalue weighted by Crippen LogP contribution is 2.22. The van der Waals surface area contributed by atoms with Gasteiger partial charge in [0.2, 0.25) is 5.91 Å². The predicted octanol–water partition coefficient (Wildman–Crippen LogP) is 1.64. The lowest BCUT2D eigenvalue weighted by molar-refractivity contribution is -0.142. The largest absolute Gasteiger partial charge is 0.500 e. The van der Waals surface area contributed by atoms with Crippen molar-refractivity contribution >= 4 is 96.5 Å². The van der Waals surface area contributed by atoms with E-state index in [0.29, 0.717) is 17.1 Å². The smallest absolute Gasteiger partial charge is 0.329 e. The summed E-state index contributed by atoms with van der Waals surface area (Å²) in [5.74, 6) is -0.600. The van der Waals surface area contributed by atoms with Crippen LogP contribution in [0.5, 0.6) is 0 Å². The van der Waals surface area contributed by atoms with Gasteiger partial charge in [-0.25, -0.2) is 14.2 Å². The fraction of sp³-hybridized carbons (Fsp3) is 0.458. The molecule has 0 spiro atoms. The van der Waals surface area contributed by atoms with Crippen LogP contribution in [0, 0.1) is 0 Å². The summed E-state index contributed by atoms with van der Waals surface area (Å²) < 4.78 is 16.0. The zero-order valence-electron chi connectivity index (χ0n) is 22.4. The number of esters is 1. The third-order valence-corrected chi connectivity index (χ3v) is 9.83. The van der Waals surface area contributed by atoms with Gasteiger partial charge >= 0.3 is 5.97 Å². The summed E-state index contributed by atoms with van der Waals surface area (Å²) in [6.45, 7) is 3.55. The Kier molecular flexibility index (Phi) is 20.3. The molecule has 11 nitrogen and oxygen atoms in total. The molecule has 41 heavy (non-hydrogen) atoms. The number of rotatable bonds is 22. The Balaban J connectivity index is 2.84. The first kappa shape index (κ1) is 37.6. The number of carbonyl (C=O) groups is 3. The average molecular weight is 683 g/mol. The number of aliphatic hydroxyl groups excluding tert-OH is 2. The van der Waals surface area contributed by atoms with Gasteiger partial charge in [-0.1, -0.05) is 70.8 Å². The standard InChI is InChI=1S/C24H34N4O7S6/c1-15(34-2)20(13-38-40-27-17(9-29)11-36)25-22(31)8-16-6-4-5-7-19(16)23(32)26-21(24(33)35-3)14-39-41-28-18(10-30)12-37/h4-7,11-12,17-18,20-21,27-30H,1,8-10,13-14H2,2-3H3,(H,25,31)(H,26,32)/t17-,18-,20?,21?/m1/s1. The molecule has 0 aromatic heterocycles. The van der Waals surface area contributed by atoms with E-state index in [4.69, 9.17) is 33.9 Å². The van der Waals surface area contributed by atoms with Crippen LogP contribution in [0.4, 0.5) is 0 Å². The van der Waals surface area contributed by atoms with Gasteiger partial charge in [0.05, 0.1) is 52.0 Å². The van der Waals surface area contributed by atoms with Gasteiger partial charge in [-0.3, -0.25) is 9.59 Å². The molecule has 0 aliphatic rings. The summed E-state index contributed by atoms with van der Waals surface area (Å²) in [6, 6.07) is 4.37. The molecule has 2 amide bonds. The van der Waals surface area contributed by atoms with Crippen LogP contribution in [0.3, 0.4) is 0 Å². The highest BCUT2D eigenvalue weighted by molar-refractivity contribution is 8.76. The van der Waals surface area contributed by atoms with E-state index >= 15 is 0 Å². The first-order valence-corrected chi connectivity index (χ1v) is 17.5. The summed E-state index contributed by atoms with van der Waals surface area (Å²) in [5.41, 5.74) is 0.693. The Labute approximate surface area is 266 Å². The first-order valence-electron chi connectivity index (χ1n) is 11.9. The Bertz CT molecular complexity index is 1020. The molecule has 228 valence electrons. The zero-order chi connectivity index (χ0) is 30.6. The predicted molar refractivity (Wildman–Crippen MR) is 177 cm³/mol. The van der Waals surface area contributed by atoms with Gasteiger partial charge in [0, 0.05) is 17.1 Å². The Morgan fingerprint density at radius 1 is 0.927 bits per heavy atom. The molecule has 17 heteroatoms. The Morgan fingerprint density at radius 3 is 2.00 bits per heavy atom. The molecule has 0 saturated heterocycles. The second kappa shape index (κ2) is 22.2. The third-order valence-electron chi connectivity index (χ3n) is 5.10. The molecule has 0 saturated carbocycles. The van der Waals surface area contributed by atoms with Crippen molar-refractivity contribution in [3.63, 3.8) is 0 Å². The molecule has 4 atom stereocenters. The number of benzene rings is 1. The van der Waals surface area contributed by atoms with Crippen LogP contribution in [0.1, 0.15) is 15.9 Å². The highest BCUT2D eigenvalue weighted by Gasteiger charge is 2.25. The summed E-state index contributed by atoms with van der Waals surface area (Å²) in [6.07, 6.45) is -0.109. The minimum atomic E-state index is -0.963. The Morgan fingerprint density at radius 2 is 1.49 bits per heavy atom. The highest BCUT2D eigenvalue weighted by atomic mass is 33.1. The van der Waals surface area contributed by atoms with E-state index < -0.39 is 30.0 Å². The lowest BCUT2D eigenvalue weighted by atomic mass is 10.0. The number of aliphatic hydroxyl groups is 2. The molecule has 1 aromatic carbocycles. The number of ether oxygens (including phenoxy) is 2. The first-order chi connectivity index (χ1) is 19.7. The zero-order valence-corrected chi connectivity index (χ0v) is 27.3. The number of thiocarbonyl (C=S) groups is 2. The molecule has 2 unspecified atom stereocenters. The topological polar surface area (TPSA) is 158 Å². The van der Waals surface area contributed by atoms with Gasteiger partial charge in [0.1, 0.15) is 11.8 Å². The molecule has 0 bridgehead atoms. The SMILES string of the molecule is C=C(OC)C(CSSN[C@@H](C=S)CO)NC(=O)Cc1ccccc1C(=O)NC(CSSN[C@@H](C=S)CO)C(=O)OC. The number of carbonyl (C=O) groups excluding carboxylic acids is 3. The van der Waals surface area contributed by atoms with Crippen molar-refractivity contribution in [3.05, 3.63) is 47.7 Å². The summed E-state index contributed by atoms with van der Waals surface area (Å²) in [4.78, 5) is 38.4. The van der Waals surface area contributed by atoms with Crippen LogP contribution in [-0.2, 0) is 25.5 Å². The number of methoxy groups -OCH3 is 2. The Hall–Kier alpha value is -1.41. The van der Waals surface area contributed by atoms with Crippen molar-refractivity contribution in [3.8, 4) is 0 Å². The van der Waals surface area contributed by atoms with Crippen LogP contribution in [-0.4, -0.2) is 102 Å². The van der Waals surface area contributed by atoms with Gasteiger partial charge in [-0.2, -0.15) is 0 Å². The molecular weight excluding hydrogens is 649 g/mol. The van der Waals surface area contributed by atoms with Crippen LogP contribution in [0.15, 0.2) is 36.6 Å². The second-order valence-corrected chi connectivity index (χ2v) is 12.9. The van der Waals surface area contributed by atoms with Crippen LogP contribution in [0.25, 0.3) is 0 Å². The van der Waals surface area contributed by atoms with E-state index in [0.717, 1.165) is 0 Å². The fourth-order valence-electron chi connectivity index (χ4n) is 2.83. The number of amides is 2. The van der Waals surface area contributed by atoms with Crippen molar-refractivity contribution in [2.45, 2.75) is 30.6 Å². The van der Waals surface area contributed by atoms with E-state index in [1.54, 1.807) is 24.3 Å². The van der Waals surface area contributed by atoms with Crippen molar-refractivity contribution in [2.75, 3.05) is 38.9 Å². The maximum atomic E-state index is 13.2. The van der Waals surface area contributed by atoms with Gasteiger partial charge < -0.3 is 30.3 Å². The maximum absolute atomic E-state index is 13.2. The number of nitrogens with one attached hydrogen (secondary N) is 4. The van der Waals surface area contributed by atoms with Gasteiger partial charge in [0.25, 0.3) is 5.91 Å². The van der Waals surface area contributed by atoms with Crippen molar-refractivity contribution < 1.29 is 34.1 Å². The van der Waals surface area contributed by atoms with Crippen molar-refractivity contribution in [1.82, 2.24) is 20.1 Å². The fourth-order valence-corrected chi connectivity index (χ4v) is 7.25. The van der Waals surface area contributed by atoms with Gasteiger partial charge in [0.15, 0.2) is 0 Å². The summed E-state index contributed by atoms with van der Waals surface area (Å²) >= 11 is 9.65. The number of hydrogen-bond donors (Lipinski definition) is 6. The lowest BCUT2D eigenvalue weighted by Crippen LogP contribution is -2.44. The quantitative estimate of drug-likeness (QED) is 0.0262. The molecule has 0 heterocycles. The van der Waals surface area contributed by atoms with E-state index in [1.807, 2.05) is 0 Å². The molecule has 1 rings (SSSR count). The van der Waals surface area contributed by atoms with Crippen LogP contribution < -0.4 is 20.1 Å². The van der Waals surface area contributed by atoms with E-state index in [1.165, 1.54) is 68.5 Å². The normalized spacial score (nSPS) is 13.7. The van der Waals surface area contributed by atoms with Crippen LogP contribution in [0.2, 0.25) is 0 Å². The van der Waals surface area contributed by atoms with E-state index in [2.05, 4.69) is 26.7 Å². The molecule has 6 N–H and O–H groups in total. The number of hydrogen-bond acceptors (Lipinski definition) is 15. The van der Waals surface area contributed by atoms with Gasteiger partial charge in [-0.15, -0.1) is 0 Å². The van der Waals surface area contributed by atoms with Gasteiger partial charge in [-0.05, 0) is 44.3 Å². The van der Waals surface area contributed by atoms with Crippen molar-refractivity contribution in [2.24, 2.45) is 0 Å². The second-order valence-electron chi connectivity index (χ2n) is 8.00. The van der Waals surface area contributed by atoms with Crippen molar-refractivity contribution in [1.29, 1.82) is 0 Å². The molecule has 0 aliphatic carbocycles. The molecular formula is C24H34N4O7S6. The van der Waals surface area contributed by atoms with E-state index in [-0.39, 0.29) is 42.9 Å². The minimum absolute atomic E-state index is 0.109.